The molecule has 1 aromatic heterocycles. The van der Waals surface area contributed by atoms with Gasteiger partial charge in [0, 0.05) is 18.8 Å². The maximum absolute atomic E-state index is 13.3. The van der Waals surface area contributed by atoms with Crippen LogP contribution in [0.4, 0.5) is 24.5 Å². The van der Waals surface area contributed by atoms with Gasteiger partial charge in [0.15, 0.2) is 9.84 Å². The molecule has 6 nitrogen and oxygen atoms in total. The number of benzene rings is 1. The molecule has 1 amide bonds. The number of nitrogens with zero attached hydrogens (tertiary/aromatic N) is 2. The molecule has 1 aliphatic heterocycles. The summed E-state index contributed by atoms with van der Waals surface area (Å²) in [5.74, 6) is 0.0202. The second kappa shape index (κ2) is 8.00. The number of alkyl halides is 3. The van der Waals surface area contributed by atoms with Crippen LogP contribution >= 0.6 is 0 Å². The molecule has 10 heteroatoms. The van der Waals surface area contributed by atoms with Crippen molar-refractivity contribution in [2.45, 2.75) is 43.7 Å². The van der Waals surface area contributed by atoms with Gasteiger partial charge in [-0.2, -0.15) is 13.2 Å². The lowest BCUT2D eigenvalue weighted by molar-refractivity contribution is -0.137. The zero-order valence-corrected chi connectivity index (χ0v) is 18.7. The first-order valence-electron chi connectivity index (χ1n) is 11.1. The van der Waals surface area contributed by atoms with E-state index in [1.54, 1.807) is 11.0 Å². The van der Waals surface area contributed by atoms with Gasteiger partial charge in [-0.15, -0.1) is 0 Å². The molecule has 176 valence electrons. The fraction of sp³-hybridized carbons (Fsp3) is 0.478. The number of hydrogen-bond donors (Lipinski definition) is 1. The Morgan fingerprint density at radius 2 is 1.67 bits per heavy atom. The number of carbonyl (C=O) groups excluding carboxylic acids is 1. The number of carbonyl (C=O) groups is 1. The molecule has 33 heavy (non-hydrogen) atoms. The molecule has 6 rings (SSSR count). The topological polar surface area (TPSA) is 79.4 Å². The molecule has 2 bridgehead atoms. The van der Waals surface area contributed by atoms with E-state index in [0.717, 1.165) is 48.9 Å². The van der Waals surface area contributed by atoms with Crippen LogP contribution in [0.5, 0.6) is 0 Å². The Kier molecular flexibility index (Phi) is 5.38. The summed E-state index contributed by atoms with van der Waals surface area (Å²) in [5.41, 5.74) is 2.42. The zero-order valence-electron chi connectivity index (χ0n) is 17.9. The molecule has 1 saturated heterocycles. The predicted octanol–water partition coefficient (Wildman–Crippen LogP) is 4.47. The highest BCUT2D eigenvalue weighted by molar-refractivity contribution is 7.91. The Morgan fingerprint density at radius 1 is 1.03 bits per heavy atom. The first kappa shape index (κ1) is 22.2. The summed E-state index contributed by atoms with van der Waals surface area (Å²) >= 11 is 0. The van der Waals surface area contributed by atoms with Gasteiger partial charge >= 0.3 is 6.18 Å². The predicted molar refractivity (Wildman–Crippen MR) is 117 cm³/mol. The average molecular weight is 480 g/mol. The molecular weight excluding hydrogens is 455 g/mol. The van der Waals surface area contributed by atoms with Crippen LogP contribution < -0.4 is 5.32 Å². The number of hydrogen-bond acceptors (Lipinski definition) is 5. The molecule has 2 aromatic rings. The van der Waals surface area contributed by atoms with E-state index in [2.05, 4.69) is 10.3 Å². The number of amides is 1. The minimum Gasteiger partial charge on any atom is -0.354 e. The van der Waals surface area contributed by atoms with Gasteiger partial charge in [-0.1, -0.05) is 6.07 Å². The number of pyridine rings is 1. The molecule has 2 fully saturated rings. The van der Waals surface area contributed by atoms with Crippen molar-refractivity contribution in [2.75, 3.05) is 29.9 Å². The van der Waals surface area contributed by atoms with Gasteiger partial charge < -0.3 is 10.2 Å². The molecule has 0 radical (unpaired) electrons. The van der Waals surface area contributed by atoms with Crippen molar-refractivity contribution in [2.24, 2.45) is 0 Å². The Hall–Kier alpha value is -2.62. The molecule has 0 spiro atoms. The van der Waals surface area contributed by atoms with Crippen LogP contribution in [-0.4, -0.2) is 48.8 Å². The van der Waals surface area contributed by atoms with E-state index in [9.17, 15) is 26.4 Å². The monoisotopic (exact) mass is 479 g/mol. The summed E-state index contributed by atoms with van der Waals surface area (Å²) in [6.45, 7) is 0.298. The van der Waals surface area contributed by atoms with E-state index < -0.39 is 21.6 Å². The summed E-state index contributed by atoms with van der Waals surface area (Å²) in [4.78, 5) is 19.3. The van der Waals surface area contributed by atoms with Gasteiger partial charge in [-0.25, -0.2) is 13.4 Å². The first-order valence-corrected chi connectivity index (χ1v) is 12.9. The number of sulfone groups is 1. The van der Waals surface area contributed by atoms with E-state index >= 15 is 0 Å². The van der Waals surface area contributed by atoms with Crippen LogP contribution in [0.1, 0.15) is 64.7 Å². The van der Waals surface area contributed by atoms with Crippen LogP contribution in [0.2, 0.25) is 0 Å². The normalized spacial score (nSPS) is 23.8. The lowest BCUT2D eigenvalue weighted by Crippen LogP contribution is -2.44. The highest BCUT2D eigenvalue weighted by atomic mass is 32.2. The smallest absolute Gasteiger partial charge is 0.354 e. The quantitative estimate of drug-likeness (QED) is 0.703. The summed E-state index contributed by atoms with van der Waals surface area (Å²) in [5, 5.41) is 3.12. The van der Waals surface area contributed by atoms with Crippen LogP contribution in [0.25, 0.3) is 0 Å². The Labute approximate surface area is 190 Å². The van der Waals surface area contributed by atoms with Crippen LogP contribution in [0.15, 0.2) is 30.5 Å². The van der Waals surface area contributed by atoms with Gasteiger partial charge in [-0.05, 0) is 66.8 Å². The summed E-state index contributed by atoms with van der Waals surface area (Å²) in [7, 11) is -3.12. The average Bonchev–Trinajstić information content (AvgIpc) is 2.79. The molecule has 4 aliphatic rings. The van der Waals surface area contributed by atoms with Crippen molar-refractivity contribution < 1.29 is 26.4 Å². The standard InChI is InChI=1S/C23H24F3N3O3S/c24-23(25,26)16-2-1-3-17(12-16)28-18-13-27-21(20-15-6-4-14(5-7-15)19(18)20)22(30)29-8-10-33(31,32)11-9-29/h1-3,12-15,28H,4-11H2. The first-order chi connectivity index (χ1) is 15.6. The molecule has 1 aromatic carbocycles. The zero-order chi connectivity index (χ0) is 23.4. The van der Waals surface area contributed by atoms with Crippen LogP contribution in [0, 0.1) is 0 Å². The minimum absolute atomic E-state index is 0.0534. The second-order valence-electron chi connectivity index (χ2n) is 9.04. The molecule has 1 saturated carbocycles. The number of halogens is 3. The Balaban J connectivity index is 1.51. The molecule has 0 atom stereocenters. The van der Waals surface area contributed by atoms with E-state index in [-0.39, 0.29) is 42.3 Å². The van der Waals surface area contributed by atoms with Crippen molar-refractivity contribution in [3.05, 3.63) is 52.8 Å². The number of fused-ring (bicyclic) bond motifs is 2. The number of nitrogens with one attached hydrogen (secondary N) is 1. The van der Waals surface area contributed by atoms with Crippen LogP contribution in [-0.2, 0) is 16.0 Å². The van der Waals surface area contributed by atoms with Crippen LogP contribution in [0.3, 0.4) is 0 Å². The minimum atomic E-state index is -4.44. The third-order valence-corrected chi connectivity index (χ3v) is 8.61. The van der Waals surface area contributed by atoms with Crippen molar-refractivity contribution in [3.63, 3.8) is 0 Å². The number of rotatable bonds is 3. The van der Waals surface area contributed by atoms with E-state index in [0.29, 0.717) is 17.1 Å². The lowest BCUT2D eigenvalue weighted by Gasteiger charge is -2.40. The molecular formula is C23H24F3N3O3S. The fourth-order valence-corrected chi connectivity index (χ4v) is 6.53. The summed E-state index contributed by atoms with van der Waals surface area (Å²) in [6.07, 6.45) is 0.922. The van der Waals surface area contributed by atoms with E-state index in [1.807, 2.05) is 0 Å². The molecule has 3 aliphatic carbocycles. The maximum atomic E-state index is 13.3. The molecule has 1 N–H and O–H groups in total. The summed E-state index contributed by atoms with van der Waals surface area (Å²) < 4.78 is 63.0. The molecule has 0 unspecified atom stereocenters. The van der Waals surface area contributed by atoms with Crippen molar-refractivity contribution >= 4 is 27.1 Å². The highest BCUT2D eigenvalue weighted by Crippen LogP contribution is 2.53. The molecule has 2 heterocycles. The third-order valence-electron chi connectivity index (χ3n) is 7.00. The van der Waals surface area contributed by atoms with Gasteiger partial charge in [0.2, 0.25) is 0 Å². The summed E-state index contributed by atoms with van der Waals surface area (Å²) in [6, 6.07) is 5.04. The second-order valence-corrected chi connectivity index (χ2v) is 11.3. The third kappa shape index (κ3) is 4.20. The SMILES string of the molecule is O=C(c1ncc(Nc2cccc(C(F)(F)F)c2)c2c1C1CCC2CC1)N1CCS(=O)(=O)CC1. The van der Waals surface area contributed by atoms with E-state index in [1.165, 1.54) is 12.3 Å². The van der Waals surface area contributed by atoms with Gasteiger partial charge in [0.25, 0.3) is 5.91 Å². The fourth-order valence-electron chi connectivity index (χ4n) is 5.33. The number of anilines is 2. The van der Waals surface area contributed by atoms with Gasteiger partial charge in [0.1, 0.15) is 5.69 Å². The largest absolute Gasteiger partial charge is 0.416 e. The van der Waals surface area contributed by atoms with Gasteiger partial charge in [-0.3, -0.25) is 4.79 Å². The highest BCUT2D eigenvalue weighted by Gasteiger charge is 2.40. The maximum Gasteiger partial charge on any atom is 0.416 e. The van der Waals surface area contributed by atoms with Crippen molar-refractivity contribution in [1.29, 1.82) is 0 Å². The lowest BCUT2D eigenvalue weighted by atomic mass is 9.66. The van der Waals surface area contributed by atoms with Gasteiger partial charge in [0.05, 0.1) is 29.0 Å². The van der Waals surface area contributed by atoms with Crippen molar-refractivity contribution in [3.8, 4) is 0 Å². The van der Waals surface area contributed by atoms with Crippen molar-refractivity contribution in [1.82, 2.24) is 9.88 Å². The van der Waals surface area contributed by atoms with E-state index in [4.69, 9.17) is 0 Å². The Morgan fingerprint density at radius 3 is 2.30 bits per heavy atom. The number of aromatic nitrogens is 1. The Bertz CT molecular complexity index is 1190.